The molecule has 0 saturated heterocycles. The standard InChI is InChI=1S/C12H22N2/c1-3-10-14(11-4-2)12(8-9-13)6-5-7-12/h3-8,10-11H2,1-2H3. The molecular formula is C12H22N2. The fourth-order valence-electron chi connectivity index (χ4n) is 2.46. The molecule has 0 unspecified atom stereocenters. The van der Waals surface area contributed by atoms with Crippen LogP contribution >= 0.6 is 0 Å². The van der Waals surface area contributed by atoms with Crippen molar-refractivity contribution in [2.45, 2.75) is 57.9 Å². The Balaban J connectivity index is 2.58. The zero-order valence-electron chi connectivity index (χ0n) is 9.55. The zero-order valence-corrected chi connectivity index (χ0v) is 9.55. The molecule has 2 nitrogen and oxygen atoms in total. The summed E-state index contributed by atoms with van der Waals surface area (Å²) < 4.78 is 0. The molecule has 0 bridgehead atoms. The number of nitrogens with zero attached hydrogens (tertiary/aromatic N) is 2. The monoisotopic (exact) mass is 194 g/mol. The van der Waals surface area contributed by atoms with E-state index in [0.29, 0.717) is 0 Å². The van der Waals surface area contributed by atoms with Gasteiger partial charge >= 0.3 is 0 Å². The average Bonchev–Trinajstić information content (AvgIpc) is 2.11. The molecule has 0 atom stereocenters. The van der Waals surface area contributed by atoms with Crippen LogP contribution in [0.5, 0.6) is 0 Å². The Morgan fingerprint density at radius 3 is 2.07 bits per heavy atom. The van der Waals surface area contributed by atoms with Crippen molar-refractivity contribution in [2.75, 3.05) is 13.1 Å². The summed E-state index contributed by atoms with van der Waals surface area (Å²) in [5.74, 6) is 0. The van der Waals surface area contributed by atoms with Gasteiger partial charge in [-0.1, -0.05) is 13.8 Å². The third kappa shape index (κ3) is 2.27. The van der Waals surface area contributed by atoms with Crippen LogP contribution in [0.25, 0.3) is 0 Å². The van der Waals surface area contributed by atoms with Crippen LogP contribution in [0.4, 0.5) is 0 Å². The first kappa shape index (κ1) is 11.5. The molecule has 1 saturated carbocycles. The molecule has 0 amide bonds. The largest absolute Gasteiger partial charge is 0.297 e. The Labute approximate surface area is 87.9 Å². The normalized spacial score (nSPS) is 19.0. The van der Waals surface area contributed by atoms with Gasteiger partial charge in [0.2, 0.25) is 0 Å². The minimum absolute atomic E-state index is 0.265. The van der Waals surface area contributed by atoms with Crippen molar-refractivity contribution >= 4 is 0 Å². The molecule has 1 aliphatic rings. The van der Waals surface area contributed by atoms with E-state index in [1.54, 1.807) is 0 Å². The average molecular weight is 194 g/mol. The third-order valence-corrected chi connectivity index (χ3v) is 3.35. The zero-order chi connectivity index (χ0) is 10.4. The van der Waals surface area contributed by atoms with Crippen molar-refractivity contribution in [3.8, 4) is 6.07 Å². The topological polar surface area (TPSA) is 27.0 Å². The van der Waals surface area contributed by atoms with Crippen molar-refractivity contribution < 1.29 is 0 Å². The van der Waals surface area contributed by atoms with Gasteiger partial charge in [-0.3, -0.25) is 4.90 Å². The summed E-state index contributed by atoms with van der Waals surface area (Å²) in [6.07, 6.45) is 6.92. The third-order valence-electron chi connectivity index (χ3n) is 3.35. The van der Waals surface area contributed by atoms with Crippen LogP contribution in [0, 0.1) is 11.3 Å². The Hall–Kier alpha value is -0.550. The first-order chi connectivity index (χ1) is 6.79. The van der Waals surface area contributed by atoms with Gasteiger partial charge in [-0.25, -0.2) is 0 Å². The minimum Gasteiger partial charge on any atom is -0.297 e. The van der Waals surface area contributed by atoms with E-state index in [4.69, 9.17) is 5.26 Å². The highest BCUT2D eigenvalue weighted by Gasteiger charge is 2.41. The molecule has 1 rings (SSSR count). The summed E-state index contributed by atoms with van der Waals surface area (Å²) in [6, 6.07) is 2.37. The van der Waals surface area contributed by atoms with E-state index in [0.717, 1.165) is 19.5 Å². The molecule has 0 aromatic heterocycles. The Morgan fingerprint density at radius 2 is 1.79 bits per heavy atom. The molecular weight excluding hydrogens is 172 g/mol. The van der Waals surface area contributed by atoms with Gasteiger partial charge in [-0.2, -0.15) is 5.26 Å². The van der Waals surface area contributed by atoms with E-state index >= 15 is 0 Å². The molecule has 0 heterocycles. The Morgan fingerprint density at radius 1 is 1.21 bits per heavy atom. The smallest absolute Gasteiger partial charge is 0.0641 e. The van der Waals surface area contributed by atoms with Crippen molar-refractivity contribution in [3.63, 3.8) is 0 Å². The van der Waals surface area contributed by atoms with Gasteiger partial charge < -0.3 is 0 Å². The van der Waals surface area contributed by atoms with Crippen LogP contribution in [0.1, 0.15) is 52.4 Å². The maximum absolute atomic E-state index is 8.88. The van der Waals surface area contributed by atoms with Crippen LogP contribution < -0.4 is 0 Å². The predicted molar refractivity (Wildman–Crippen MR) is 59.0 cm³/mol. The second-order valence-electron chi connectivity index (χ2n) is 4.40. The van der Waals surface area contributed by atoms with E-state index in [-0.39, 0.29) is 5.54 Å². The van der Waals surface area contributed by atoms with Crippen LogP contribution in [-0.2, 0) is 0 Å². The summed E-state index contributed by atoms with van der Waals surface area (Å²) in [5, 5.41) is 8.88. The van der Waals surface area contributed by atoms with Crippen LogP contribution in [-0.4, -0.2) is 23.5 Å². The van der Waals surface area contributed by atoms with Gasteiger partial charge in [0.25, 0.3) is 0 Å². The van der Waals surface area contributed by atoms with Crippen molar-refractivity contribution in [3.05, 3.63) is 0 Å². The SMILES string of the molecule is CCCN(CCC)C1(CC#N)CCC1. The summed E-state index contributed by atoms with van der Waals surface area (Å²) in [7, 11) is 0. The molecule has 0 aromatic carbocycles. The molecule has 0 spiro atoms. The fraction of sp³-hybridized carbons (Fsp3) is 0.917. The molecule has 1 aliphatic carbocycles. The van der Waals surface area contributed by atoms with E-state index in [9.17, 15) is 0 Å². The van der Waals surface area contributed by atoms with Crippen LogP contribution in [0.15, 0.2) is 0 Å². The summed E-state index contributed by atoms with van der Waals surface area (Å²) in [4.78, 5) is 2.56. The number of nitriles is 1. The second-order valence-corrected chi connectivity index (χ2v) is 4.40. The first-order valence-electron chi connectivity index (χ1n) is 5.91. The van der Waals surface area contributed by atoms with Crippen molar-refractivity contribution in [2.24, 2.45) is 0 Å². The predicted octanol–water partition coefficient (Wildman–Crippen LogP) is 2.94. The lowest BCUT2D eigenvalue weighted by Gasteiger charge is -2.49. The quantitative estimate of drug-likeness (QED) is 0.650. The van der Waals surface area contributed by atoms with Crippen molar-refractivity contribution in [1.82, 2.24) is 4.90 Å². The van der Waals surface area contributed by atoms with Gasteiger partial charge in [-0.05, 0) is 45.2 Å². The van der Waals surface area contributed by atoms with Crippen LogP contribution in [0.2, 0.25) is 0 Å². The highest BCUT2D eigenvalue weighted by atomic mass is 15.2. The molecule has 2 heteroatoms. The molecule has 80 valence electrons. The molecule has 0 N–H and O–H groups in total. The van der Waals surface area contributed by atoms with E-state index in [1.165, 1.54) is 32.1 Å². The fourth-order valence-corrected chi connectivity index (χ4v) is 2.46. The minimum atomic E-state index is 0.265. The van der Waals surface area contributed by atoms with Crippen LogP contribution in [0.3, 0.4) is 0 Å². The highest BCUT2D eigenvalue weighted by molar-refractivity contribution is 5.03. The second kappa shape index (κ2) is 5.36. The van der Waals surface area contributed by atoms with Gasteiger partial charge in [0.05, 0.1) is 12.5 Å². The molecule has 0 radical (unpaired) electrons. The summed E-state index contributed by atoms with van der Waals surface area (Å²) >= 11 is 0. The summed E-state index contributed by atoms with van der Waals surface area (Å²) in [6.45, 7) is 6.77. The number of rotatable bonds is 6. The summed E-state index contributed by atoms with van der Waals surface area (Å²) in [5.41, 5.74) is 0.265. The number of hydrogen-bond donors (Lipinski definition) is 0. The maximum atomic E-state index is 8.88. The molecule has 0 aliphatic heterocycles. The lowest BCUT2D eigenvalue weighted by Crippen LogP contribution is -2.54. The lowest BCUT2D eigenvalue weighted by atomic mass is 9.73. The first-order valence-corrected chi connectivity index (χ1v) is 5.91. The van der Waals surface area contributed by atoms with Crippen molar-refractivity contribution in [1.29, 1.82) is 5.26 Å². The van der Waals surface area contributed by atoms with Gasteiger partial charge in [0.15, 0.2) is 0 Å². The lowest BCUT2D eigenvalue weighted by molar-refractivity contribution is 0.0195. The van der Waals surface area contributed by atoms with Gasteiger partial charge in [0.1, 0.15) is 0 Å². The molecule has 1 fully saturated rings. The highest BCUT2D eigenvalue weighted by Crippen LogP contribution is 2.40. The Bertz CT molecular complexity index is 195. The van der Waals surface area contributed by atoms with E-state index in [2.05, 4.69) is 24.8 Å². The maximum Gasteiger partial charge on any atom is 0.0641 e. The number of hydrogen-bond acceptors (Lipinski definition) is 2. The van der Waals surface area contributed by atoms with Gasteiger partial charge in [0, 0.05) is 5.54 Å². The van der Waals surface area contributed by atoms with E-state index < -0.39 is 0 Å². The van der Waals surface area contributed by atoms with Gasteiger partial charge in [-0.15, -0.1) is 0 Å². The molecule has 14 heavy (non-hydrogen) atoms. The molecule has 0 aromatic rings. The Kier molecular flexibility index (Phi) is 4.41. The van der Waals surface area contributed by atoms with E-state index in [1.807, 2.05) is 0 Å².